The largest absolute Gasteiger partial charge is 0.381 e. The highest BCUT2D eigenvalue weighted by Crippen LogP contribution is 2.22. The van der Waals surface area contributed by atoms with Gasteiger partial charge in [-0.05, 0) is 12.8 Å². The lowest BCUT2D eigenvalue weighted by Gasteiger charge is -2.26. The van der Waals surface area contributed by atoms with Crippen LogP contribution in [0, 0.1) is 0 Å². The van der Waals surface area contributed by atoms with Crippen molar-refractivity contribution in [3.8, 4) is 0 Å². The van der Waals surface area contributed by atoms with E-state index >= 15 is 0 Å². The van der Waals surface area contributed by atoms with Gasteiger partial charge in [0.05, 0.1) is 30.2 Å². The zero-order chi connectivity index (χ0) is 9.10. The first-order valence-electron chi connectivity index (χ1n) is 4.81. The van der Waals surface area contributed by atoms with Crippen LogP contribution in [0.15, 0.2) is 0 Å². The predicted molar refractivity (Wildman–Crippen MR) is 52.2 cm³/mol. The van der Waals surface area contributed by atoms with Gasteiger partial charge in [-0.3, -0.25) is 0 Å². The second-order valence-electron chi connectivity index (χ2n) is 3.54. The molecule has 0 aromatic carbocycles. The molecule has 0 N–H and O–H groups in total. The molecule has 0 aliphatic carbocycles. The van der Waals surface area contributed by atoms with Crippen LogP contribution in [-0.4, -0.2) is 43.5 Å². The lowest BCUT2D eigenvalue weighted by molar-refractivity contribution is -0.0670. The Balaban J connectivity index is 1.75. The molecule has 0 bridgehead atoms. The van der Waals surface area contributed by atoms with Gasteiger partial charge in [0.2, 0.25) is 0 Å². The smallest absolute Gasteiger partial charge is 0.0959 e. The van der Waals surface area contributed by atoms with Crippen molar-refractivity contribution in [3.05, 3.63) is 0 Å². The summed E-state index contributed by atoms with van der Waals surface area (Å²) in [6, 6.07) is 0. The SMILES string of the molecule is BrC1COCC1OC1CCOCC1. The van der Waals surface area contributed by atoms with Crippen molar-refractivity contribution < 1.29 is 14.2 Å². The van der Waals surface area contributed by atoms with E-state index in [2.05, 4.69) is 15.9 Å². The highest BCUT2D eigenvalue weighted by molar-refractivity contribution is 9.09. The lowest BCUT2D eigenvalue weighted by atomic mass is 10.1. The van der Waals surface area contributed by atoms with E-state index in [1.807, 2.05) is 0 Å². The van der Waals surface area contributed by atoms with Crippen LogP contribution in [0.4, 0.5) is 0 Å². The van der Waals surface area contributed by atoms with Crippen LogP contribution in [0.3, 0.4) is 0 Å². The van der Waals surface area contributed by atoms with E-state index in [0.29, 0.717) is 10.9 Å². The summed E-state index contributed by atoms with van der Waals surface area (Å²) in [7, 11) is 0. The lowest BCUT2D eigenvalue weighted by Crippen LogP contribution is -2.32. The molecule has 2 heterocycles. The maximum atomic E-state index is 5.91. The molecule has 13 heavy (non-hydrogen) atoms. The van der Waals surface area contributed by atoms with Crippen molar-refractivity contribution in [1.82, 2.24) is 0 Å². The first-order chi connectivity index (χ1) is 6.36. The van der Waals surface area contributed by atoms with Crippen LogP contribution in [0.25, 0.3) is 0 Å². The van der Waals surface area contributed by atoms with E-state index in [1.165, 1.54) is 0 Å². The molecule has 2 aliphatic rings. The zero-order valence-corrected chi connectivity index (χ0v) is 9.16. The number of halogens is 1. The van der Waals surface area contributed by atoms with Gasteiger partial charge in [0.25, 0.3) is 0 Å². The summed E-state index contributed by atoms with van der Waals surface area (Å²) in [4.78, 5) is 0.371. The van der Waals surface area contributed by atoms with Gasteiger partial charge in [0.15, 0.2) is 0 Å². The summed E-state index contributed by atoms with van der Waals surface area (Å²) in [5.41, 5.74) is 0. The van der Waals surface area contributed by atoms with Gasteiger partial charge in [-0.25, -0.2) is 0 Å². The summed E-state index contributed by atoms with van der Waals surface area (Å²) in [6.07, 6.45) is 2.66. The Bertz CT molecular complexity index is 159. The molecule has 3 nitrogen and oxygen atoms in total. The number of rotatable bonds is 2. The van der Waals surface area contributed by atoms with Gasteiger partial charge >= 0.3 is 0 Å². The Morgan fingerprint density at radius 1 is 1.08 bits per heavy atom. The minimum atomic E-state index is 0.239. The second kappa shape index (κ2) is 4.73. The molecule has 2 aliphatic heterocycles. The van der Waals surface area contributed by atoms with Crippen molar-refractivity contribution in [2.45, 2.75) is 29.9 Å². The Labute approximate surface area is 86.9 Å². The molecular weight excluding hydrogens is 236 g/mol. The first-order valence-corrected chi connectivity index (χ1v) is 5.73. The van der Waals surface area contributed by atoms with Crippen molar-refractivity contribution in [3.63, 3.8) is 0 Å². The zero-order valence-electron chi connectivity index (χ0n) is 7.58. The maximum Gasteiger partial charge on any atom is 0.0959 e. The molecular formula is C9H15BrO3. The van der Waals surface area contributed by atoms with Gasteiger partial charge < -0.3 is 14.2 Å². The van der Waals surface area contributed by atoms with Crippen molar-refractivity contribution in [2.24, 2.45) is 0 Å². The number of hydrogen-bond acceptors (Lipinski definition) is 3. The van der Waals surface area contributed by atoms with Crippen LogP contribution in [-0.2, 0) is 14.2 Å². The molecule has 2 rings (SSSR count). The van der Waals surface area contributed by atoms with Gasteiger partial charge in [0.1, 0.15) is 0 Å². The highest BCUT2D eigenvalue weighted by atomic mass is 79.9. The van der Waals surface area contributed by atoms with Crippen LogP contribution >= 0.6 is 15.9 Å². The number of alkyl halides is 1. The van der Waals surface area contributed by atoms with Crippen LogP contribution in [0.2, 0.25) is 0 Å². The molecule has 0 aromatic rings. The molecule has 2 unspecified atom stereocenters. The Hall–Kier alpha value is 0.360. The van der Waals surface area contributed by atoms with Crippen molar-refractivity contribution in [1.29, 1.82) is 0 Å². The van der Waals surface area contributed by atoms with Crippen LogP contribution in [0.1, 0.15) is 12.8 Å². The van der Waals surface area contributed by atoms with Crippen LogP contribution in [0.5, 0.6) is 0 Å². The van der Waals surface area contributed by atoms with E-state index < -0.39 is 0 Å². The fourth-order valence-electron chi connectivity index (χ4n) is 1.69. The normalized spacial score (nSPS) is 36.7. The summed E-state index contributed by atoms with van der Waals surface area (Å²) in [6.45, 7) is 3.18. The second-order valence-corrected chi connectivity index (χ2v) is 4.72. The first kappa shape index (κ1) is 9.90. The summed E-state index contributed by atoms with van der Waals surface area (Å²) >= 11 is 3.55. The third-order valence-corrected chi connectivity index (χ3v) is 3.35. The molecule has 0 spiro atoms. The quantitative estimate of drug-likeness (QED) is 0.693. The average Bonchev–Trinajstić information content (AvgIpc) is 2.54. The third kappa shape index (κ3) is 2.65. The molecule has 4 heteroatoms. The van der Waals surface area contributed by atoms with E-state index in [-0.39, 0.29) is 6.10 Å². The Kier molecular flexibility index (Phi) is 3.60. The maximum absolute atomic E-state index is 5.91. The molecule has 2 atom stereocenters. The van der Waals surface area contributed by atoms with Gasteiger partial charge in [-0.1, -0.05) is 15.9 Å². The van der Waals surface area contributed by atoms with Crippen molar-refractivity contribution in [2.75, 3.05) is 26.4 Å². The minimum absolute atomic E-state index is 0.239. The van der Waals surface area contributed by atoms with Crippen LogP contribution < -0.4 is 0 Å². The Morgan fingerprint density at radius 2 is 1.85 bits per heavy atom. The number of hydrogen-bond donors (Lipinski definition) is 0. The molecule has 2 saturated heterocycles. The molecule has 0 radical (unpaired) electrons. The molecule has 0 aromatic heterocycles. The molecule has 0 saturated carbocycles. The standard InChI is InChI=1S/C9H15BrO3/c10-8-5-12-6-9(8)13-7-1-3-11-4-2-7/h7-9H,1-6H2. The van der Waals surface area contributed by atoms with Gasteiger partial charge in [-0.2, -0.15) is 0 Å². The molecule has 76 valence electrons. The van der Waals surface area contributed by atoms with Crippen molar-refractivity contribution >= 4 is 15.9 Å². The topological polar surface area (TPSA) is 27.7 Å². The van der Waals surface area contributed by atoms with E-state index in [9.17, 15) is 0 Å². The van der Waals surface area contributed by atoms with E-state index in [1.54, 1.807) is 0 Å². The average molecular weight is 251 g/mol. The third-order valence-electron chi connectivity index (χ3n) is 2.50. The minimum Gasteiger partial charge on any atom is -0.381 e. The molecule has 2 fully saturated rings. The van der Waals surface area contributed by atoms with E-state index in [4.69, 9.17) is 14.2 Å². The number of ether oxygens (including phenoxy) is 3. The van der Waals surface area contributed by atoms with E-state index in [0.717, 1.165) is 39.3 Å². The van der Waals surface area contributed by atoms with Gasteiger partial charge in [0, 0.05) is 13.2 Å². The molecule has 0 amide bonds. The highest BCUT2D eigenvalue weighted by Gasteiger charge is 2.29. The summed E-state index contributed by atoms with van der Waals surface area (Å²) in [5.74, 6) is 0. The van der Waals surface area contributed by atoms with Gasteiger partial charge in [-0.15, -0.1) is 0 Å². The predicted octanol–water partition coefficient (Wildman–Crippen LogP) is 1.34. The fraction of sp³-hybridized carbons (Fsp3) is 1.00. The Morgan fingerprint density at radius 3 is 2.46 bits per heavy atom. The fourth-order valence-corrected chi connectivity index (χ4v) is 2.16. The summed E-state index contributed by atoms with van der Waals surface area (Å²) < 4.78 is 16.5. The monoisotopic (exact) mass is 250 g/mol. The summed E-state index contributed by atoms with van der Waals surface area (Å²) in [5, 5.41) is 0.